The molecule has 0 amide bonds. The Bertz CT molecular complexity index is 1180. The summed E-state index contributed by atoms with van der Waals surface area (Å²) >= 11 is 0. The second-order valence-electron chi connectivity index (χ2n) is 7.34. The number of hydrogen-bond acceptors (Lipinski definition) is 3. The van der Waals surface area contributed by atoms with Gasteiger partial charge in [-0.15, -0.1) is 0 Å². The molecule has 2 aliphatic rings. The predicted octanol–water partition coefficient (Wildman–Crippen LogP) is 3.67. The summed E-state index contributed by atoms with van der Waals surface area (Å²) in [7, 11) is -3.61. The van der Waals surface area contributed by atoms with E-state index in [4.69, 9.17) is 0 Å². The Morgan fingerprint density at radius 3 is 2.52 bits per heavy atom. The lowest BCUT2D eigenvalue weighted by atomic mass is 9.94. The fourth-order valence-corrected chi connectivity index (χ4v) is 6.13. The average Bonchev–Trinajstić information content (AvgIpc) is 3.01. The van der Waals surface area contributed by atoms with Gasteiger partial charge in [0.15, 0.2) is 0 Å². The highest BCUT2D eigenvalue weighted by Gasteiger charge is 2.42. The monoisotopic (exact) mass is 380 g/mol. The van der Waals surface area contributed by atoms with Crippen molar-refractivity contribution >= 4 is 26.8 Å². The molecular formula is C21H20N2O3S. The van der Waals surface area contributed by atoms with Gasteiger partial charge in [-0.05, 0) is 43.5 Å². The van der Waals surface area contributed by atoms with Crippen molar-refractivity contribution in [2.75, 3.05) is 6.54 Å². The zero-order valence-electron chi connectivity index (χ0n) is 15.1. The third-order valence-electron chi connectivity index (χ3n) is 5.77. The van der Waals surface area contributed by atoms with Crippen LogP contribution in [0.1, 0.15) is 40.5 Å². The molecule has 27 heavy (non-hydrogen) atoms. The second-order valence-corrected chi connectivity index (χ2v) is 9.23. The molecular weight excluding hydrogens is 360 g/mol. The molecule has 2 aliphatic heterocycles. The van der Waals surface area contributed by atoms with Crippen molar-refractivity contribution in [2.24, 2.45) is 0 Å². The van der Waals surface area contributed by atoms with E-state index in [1.54, 1.807) is 21.0 Å². The number of benzene rings is 2. The molecule has 0 bridgehead atoms. The quantitative estimate of drug-likeness (QED) is 0.681. The normalized spacial score (nSPS) is 20.0. The number of aromatic nitrogens is 1. The third kappa shape index (κ3) is 2.33. The van der Waals surface area contributed by atoms with Crippen molar-refractivity contribution in [1.82, 2.24) is 8.87 Å². The SMILES string of the molecule is Cc1ccc(S(=O)(=O)N2CCc3c4n(c5ccccc35)C(=O)CC[C@@H]42)cc1. The van der Waals surface area contributed by atoms with Crippen LogP contribution >= 0.6 is 0 Å². The lowest BCUT2D eigenvalue weighted by molar-refractivity contribution is 0.0855. The molecule has 0 spiro atoms. The van der Waals surface area contributed by atoms with Crippen LogP contribution in [-0.4, -0.2) is 29.7 Å². The maximum Gasteiger partial charge on any atom is 0.243 e. The number of nitrogens with zero attached hydrogens (tertiary/aromatic N) is 2. The van der Waals surface area contributed by atoms with Crippen molar-refractivity contribution in [2.45, 2.75) is 37.1 Å². The van der Waals surface area contributed by atoms with Crippen molar-refractivity contribution in [1.29, 1.82) is 0 Å². The van der Waals surface area contributed by atoms with Gasteiger partial charge < -0.3 is 0 Å². The van der Waals surface area contributed by atoms with E-state index in [9.17, 15) is 13.2 Å². The van der Waals surface area contributed by atoms with Crippen LogP contribution in [-0.2, 0) is 16.4 Å². The van der Waals surface area contributed by atoms with E-state index in [1.165, 1.54) is 0 Å². The number of aryl methyl sites for hydroxylation is 1. The van der Waals surface area contributed by atoms with Crippen molar-refractivity contribution < 1.29 is 13.2 Å². The second kappa shape index (κ2) is 5.78. The molecule has 0 N–H and O–H groups in total. The number of fused-ring (bicyclic) bond motifs is 3. The highest BCUT2D eigenvalue weighted by atomic mass is 32.2. The molecule has 0 saturated heterocycles. The number of carbonyl (C=O) groups is 1. The summed E-state index contributed by atoms with van der Waals surface area (Å²) < 4.78 is 30.0. The molecule has 3 aromatic rings. The first-order valence-electron chi connectivity index (χ1n) is 9.22. The maximum atomic E-state index is 13.3. The smallest absolute Gasteiger partial charge is 0.243 e. The third-order valence-corrected chi connectivity index (χ3v) is 7.70. The summed E-state index contributed by atoms with van der Waals surface area (Å²) in [5, 5.41) is 1.07. The molecule has 0 radical (unpaired) electrons. The summed E-state index contributed by atoms with van der Waals surface area (Å²) in [5.41, 5.74) is 3.92. The minimum absolute atomic E-state index is 0.0540. The minimum Gasteiger partial charge on any atom is -0.282 e. The molecule has 138 valence electrons. The number of hydrogen-bond donors (Lipinski definition) is 0. The topological polar surface area (TPSA) is 59.4 Å². The van der Waals surface area contributed by atoms with Gasteiger partial charge in [0.05, 0.1) is 16.5 Å². The predicted molar refractivity (Wildman–Crippen MR) is 103 cm³/mol. The fraction of sp³-hybridized carbons (Fsp3) is 0.286. The molecule has 1 atom stereocenters. The van der Waals surface area contributed by atoms with Crippen LogP contribution in [0.4, 0.5) is 0 Å². The molecule has 0 unspecified atom stereocenters. The van der Waals surface area contributed by atoms with Crippen molar-refractivity contribution in [3.05, 3.63) is 65.4 Å². The van der Waals surface area contributed by atoms with E-state index in [2.05, 4.69) is 0 Å². The molecule has 5 rings (SSSR count). The van der Waals surface area contributed by atoms with Gasteiger partial charge in [0.2, 0.25) is 15.9 Å². The summed E-state index contributed by atoms with van der Waals surface area (Å²) in [6, 6.07) is 14.6. The van der Waals surface area contributed by atoms with E-state index in [1.807, 2.05) is 43.3 Å². The Labute approximate surface area is 158 Å². The van der Waals surface area contributed by atoms with Gasteiger partial charge in [-0.3, -0.25) is 9.36 Å². The Kier molecular flexibility index (Phi) is 3.58. The van der Waals surface area contributed by atoms with Gasteiger partial charge in [0.25, 0.3) is 0 Å². The summed E-state index contributed by atoms with van der Waals surface area (Å²) in [5.74, 6) is 0.0540. The molecule has 1 aromatic heterocycles. The van der Waals surface area contributed by atoms with E-state index in [0.717, 1.165) is 27.7 Å². The largest absolute Gasteiger partial charge is 0.282 e. The number of para-hydroxylation sites is 1. The lowest BCUT2D eigenvalue weighted by Gasteiger charge is -2.38. The van der Waals surface area contributed by atoms with Gasteiger partial charge >= 0.3 is 0 Å². The first kappa shape index (κ1) is 16.7. The Hall–Kier alpha value is -2.44. The van der Waals surface area contributed by atoms with Crippen LogP contribution in [0.5, 0.6) is 0 Å². The Morgan fingerprint density at radius 2 is 1.74 bits per heavy atom. The summed E-state index contributed by atoms with van der Waals surface area (Å²) in [4.78, 5) is 13.0. The van der Waals surface area contributed by atoms with Crippen LogP contribution < -0.4 is 0 Å². The molecule has 3 heterocycles. The first-order valence-corrected chi connectivity index (χ1v) is 10.7. The van der Waals surface area contributed by atoms with Crippen LogP contribution in [0.25, 0.3) is 10.9 Å². The Balaban J connectivity index is 1.69. The summed E-state index contributed by atoms with van der Waals surface area (Å²) in [6.45, 7) is 2.38. The molecule has 0 fully saturated rings. The standard InChI is InChI=1S/C21H20N2O3S/c1-14-6-8-15(9-7-14)27(25,26)22-13-12-17-16-4-2-3-5-18(16)23-20(24)11-10-19(22)21(17)23/h2-9,19H,10-13H2,1H3/t19-/m0/s1. The van der Waals surface area contributed by atoms with E-state index in [0.29, 0.717) is 30.7 Å². The fourth-order valence-electron chi connectivity index (χ4n) is 4.51. The van der Waals surface area contributed by atoms with Gasteiger partial charge in [-0.1, -0.05) is 35.9 Å². The Morgan fingerprint density at radius 1 is 1.00 bits per heavy atom. The molecule has 5 nitrogen and oxygen atoms in total. The number of rotatable bonds is 2. The van der Waals surface area contributed by atoms with Gasteiger partial charge in [0.1, 0.15) is 0 Å². The van der Waals surface area contributed by atoms with Gasteiger partial charge in [-0.2, -0.15) is 4.31 Å². The zero-order valence-corrected chi connectivity index (χ0v) is 15.9. The van der Waals surface area contributed by atoms with Crippen molar-refractivity contribution in [3.8, 4) is 0 Å². The van der Waals surface area contributed by atoms with E-state index >= 15 is 0 Å². The van der Waals surface area contributed by atoms with Crippen LogP contribution in [0.15, 0.2) is 53.4 Å². The highest BCUT2D eigenvalue weighted by molar-refractivity contribution is 7.89. The number of carbonyl (C=O) groups excluding carboxylic acids is 1. The molecule has 6 heteroatoms. The maximum absolute atomic E-state index is 13.3. The first-order chi connectivity index (χ1) is 13.0. The molecule has 0 aliphatic carbocycles. The lowest BCUT2D eigenvalue weighted by Crippen LogP contribution is -2.43. The highest BCUT2D eigenvalue weighted by Crippen LogP contribution is 2.44. The zero-order chi connectivity index (χ0) is 18.8. The van der Waals surface area contributed by atoms with Gasteiger partial charge in [-0.25, -0.2) is 8.42 Å². The van der Waals surface area contributed by atoms with Crippen LogP contribution in [0.3, 0.4) is 0 Å². The van der Waals surface area contributed by atoms with Gasteiger partial charge in [0, 0.05) is 24.0 Å². The average molecular weight is 380 g/mol. The molecule has 2 aromatic carbocycles. The minimum atomic E-state index is -3.61. The molecule has 0 saturated carbocycles. The number of sulfonamides is 1. The van der Waals surface area contributed by atoms with E-state index < -0.39 is 10.0 Å². The van der Waals surface area contributed by atoms with Crippen LogP contribution in [0, 0.1) is 6.92 Å². The van der Waals surface area contributed by atoms with E-state index in [-0.39, 0.29) is 11.9 Å². The van der Waals surface area contributed by atoms with Crippen molar-refractivity contribution in [3.63, 3.8) is 0 Å². The van der Waals surface area contributed by atoms with Crippen LogP contribution in [0.2, 0.25) is 0 Å². The summed E-state index contributed by atoms with van der Waals surface area (Å²) in [6.07, 6.45) is 1.51.